The first-order chi connectivity index (χ1) is 10.4. The summed E-state index contributed by atoms with van der Waals surface area (Å²) in [5.74, 6) is -1.59. The number of hydrogen-bond acceptors (Lipinski definition) is 2. The highest BCUT2D eigenvalue weighted by Crippen LogP contribution is 2.25. The summed E-state index contributed by atoms with van der Waals surface area (Å²) >= 11 is 11.8. The van der Waals surface area contributed by atoms with Crippen molar-refractivity contribution in [2.24, 2.45) is 0 Å². The number of aryl methyl sites for hydroxylation is 1. The van der Waals surface area contributed by atoms with E-state index < -0.39 is 11.8 Å². The molecule has 0 heterocycles. The number of anilines is 2. The van der Waals surface area contributed by atoms with Crippen LogP contribution in [0.25, 0.3) is 0 Å². The number of carbonyl (C=O) groups is 2. The molecule has 0 aliphatic carbocycles. The van der Waals surface area contributed by atoms with Crippen LogP contribution >= 0.6 is 23.2 Å². The van der Waals surface area contributed by atoms with E-state index in [1.807, 2.05) is 26.0 Å². The highest BCUT2D eigenvalue weighted by molar-refractivity contribution is 6.45. The van der Waals surface area contributed by atoms with Crippen molar-refractivity contribution in [1.29, 1.82) is 0 Å². The molecule has 4 nitrogen and oxygen atoms in total. The maximum atomic E-state index is 12.0. The standard InChI is InChI=1S/C16H14Cl2N2O2/c1-9-4-3-5-13(10(9)2)19-15(21)16(22)20-14-8-11(17)6-7-12(14)18/h3-8H,1-2H3,(H,19,21)(H,20,22). The minimum Gasteiger partial charge on any atom is -0.318 e. The summed E-state index contributed by atoms with van der Waals surface area (Å²) in [5.41, 5.74) is 2.81. The van der Waals surface area contributed by atoms with Gasteiger partial charge in [0.05, 0.1) is 10.7 Å². The van der Waals surface area contributed by atoms with Gasteiger partial charge in [-0.3, -0.25) is 9.59 Å². The largest absolute Gasteiger partial charge is 0.318 e. The number of halogens is 2. The topological polar surface area (TPSA) is 58.2 Å². The fourth-order valence-corrected chi connectivity index (χ4v) is 2.17. The zero-order valence-corrected chi connectivity index (χ0v) is 13.5. The van der Waals surface area contributed by atoms with Gasteiger partial charge in [-0.25, -0.2) is 0 Å². The molecule has 0 fully saturated rings. The summed E-state index contributed by atoms with van der Waals surface area (Å²) in [4.78, 5) is 23.9. The van der Waals surface area contributed by atoms with Crippen molar-refractivity contribution in [3.63, 3.8) is 0 Å². The van der Waals surface area contributed by atoms with E-state index in [-0.39, 0.29) is 5.69 Å². The third-order valence-corrected chi connectivity index (χ3v) is 3.80. The average Bonchev–Trinajstić information content (AvgIpc) is 2.47. The van der Waals surface area contributed by atoms with Gasteiger partial charge in [0, 0.05) is 10.7 Å². The van der Waals surface area contributed by atoms with Gasteiger partial charge in [0.2, 0.25) is 0 Å². The predicted octanol–water partition coefficient (Wildman–Crippen LogP) is 4.19. The van der Waals surface area contributed by atoms with Crippen LogP contribution in [0.5, 0.6) is 0 Å². The number of amides is 2. The smallest absolute Gasteiger partial charge is 0.314 e. The van der Waals surface area contributed by atoms with Crippen LogP contribution in [0.4, 0.5) is 11.4 Å². The number of rotatable bonds is 2. The summed E-state index contributed by atoms with van der Waals surface area (Å²) in [5, 5.41) is 5.73. The van der Waals surface area contributed by atoms with Crippen LogP contribution < -0.4 is 10.6 Å². The van der Waals surface area contributed by atoms with Gasteiger partial charge in [0.15, 0.2) is 0 Å². The van der Waals surface area contributed by atoms with Gasteiger partial charge in [-0.1, -0.05) is 35.3 Å². The monoisotopic (exact) mass is 336 g/mol. The summed E-state index contributed by atoms with van der Waals surface area (Å²) in [7, 11) is 0. The fraction of sp³-hybridized carbons (Fsp3) is 0.125. The maximum Gasteiger partial charge on any atom is 0.314 e. The minimum atomic E-state index is -0.815. The Morgan fingerprint density at radius 1 is 0.909 bits per heavy atom. The van der Waals surface area contributed by atoms with Gasteiger partial charge < -0.3 is 10.6 Å². The molecule has 0 radical (unpaired) electrons. The Morgan fingerprint density at radius 3 is 2.23 bits per heavy atom. The Morgan fingerprint density at radius 2 is 1.55 bits per heavy atom. The lowest BCUT2D eigenvalue weighted by Gasteiger charge is -2.11. The molecule has 0 aromatic heterocycles. The van der Waals surface area contributed by atoms with Crippen molar-refractivity contribution in [3.05, 3.63) is 57.6 Å². The van der Waals surface area contributed by atoms with Gasteiger partial charge in [0.1, 0.15) is 0 Å². The van der Waals surface area contributed by atoms with Crippen molar-refractivity contribution >= 4 is 46.4 Å². The third-order valence-electron chi connectivity index (χ3n) is 3.24. The van der Waals surface area contributed by atoms with Crippen molar-refractivity contribution in [2.45, 2.75) is 13.8 Å². The van der Waals surface area contributed by atoms with Crippen LogP contribution in [0, 0.1) is 13.8 Å². The zero-order valence-electron chi connectivity index (χ0n) is 12.0. The molecule has 2 rings (SSSR count). The highest BCUT2D eigenvalue weighted by atomic mass is 35.5. The second-order valence-corrected chi connectivity index (χ2v) is 5.62. The van der Waals surface area contributed by atoms with Crippen LogP contribution in [0.3, 0.4) is 0 Å². The molecule has 6 heteroatoms. The number of hydrogen-bond donors (Lipinski definition) is 2. The molecule has 0 saturated carbocycles. The number of nitrogens with one attached hydrogen (secondary N) is 2. The van der Waals surface area contributed by atoms with E-state index in [9.17, 15) is 9.59 Å². The van der Waals surface area contributed by atoms with E-state index >= 15 is 0 Å². The normalized spacial score (nSPS) is 10.2. The molecule has 114 valence electrons. The maximum absolute atomic E-state index is 12.0. The Kier molecular flexibility index (Phi) is 5.06. The SMILES string of the molecule is Cc1cccc(NC(=O)C(=O)Nc2cc(Cl)ccc2Cl)c1C. The van der Waals surface area contributed by atoms with Gasteiger partial charge in [-0.05, 0) is 49.2 Å². The second kappa shape index (κ2) is 6.81. The predicted molar refractivity (Wildman–Crippen MR) is 89.6 cm³/mol. The van der Waals surface area contributed by atoms with Crippen LogP contribution in [0.2, 0.25) is 10.0 Å². The molecule has 0 aliphatic rings. The molecule has 2 aromatic carbocycles. The van der Waals surface area contributed by atoms with Gasteiger partial charge in [-0.15, -0.1) is 0 Å². The first-order valence-electron chi connectivity index (χ1n) is 6.52. The van der Waals surface area contributed by atoms with E-state index in [4.69, 9.17) is 23.2 Å². The second-order valence-electron chi connectivity index (χ2n) is 4.78. The Labute approximate surface area is 138 Å². The first kappa shape index (κ1) is 16.3. The van der Waals surface area contributed by atoms with Crippen LogP contribution in [0.1, 0.15) is 11.1 Å². The molecule has 22 heavy (non-hydrogen) atoms. The van der Waals surface area contributed by atoms with Crippen molar-refractivity contribution in [2.75, 3.05) is 10.6 Å². The van der Waals surface area contributed by atoms with Gasteiger partial charge in [-0.2, -0.15) is 0 Å². The number of benzene rings is 2. The van der Waals surface area contributed by atoms with Crippen molar-refractivity contribution < 1.29 is 9.59 Å². The minimum absolute atomic E-state index is 0.287. The molecule has 0 aliphatic heterocycles. The van der Waals surface area contributed by atoms with E-state index in [0.29, 0.717) is 15.7 Å². The average molecular weight is 337 g/mol. The highest BCUT2D eigenvalue weighted by Gasteiger charge is 2.16. The summed E-state index contributed by atoms with van der Waals surface area (Å²) < 4.78 is 0. The summed E-state index contributed by atoms with van der Waals surface area (Å²) in [6.45, 7) is 3.80. The summed E-state index contributed by atoms with van der Waals surface area (Å²) in [6, 6.07) is 10.1. The lowest BCUT2D eigenvalue weighted by atomic mass is 10.1. The quantitative estimate of drug-likeness (QED) is 0.808. The van der Waals surface area contributed by atoms with Crippen LogP contribution in [-0.2, 0) is 9.59 Å². The Hall–Kier alpha value is -2.04. The van der Waals surface area contributed by atoms with Crippen LogP contribution in [-0.4, -0.2) is 11.8 Å². The molecular formula is C16H14Cl2N2O2. The number of carbonyl (C=O) groups excluding carboxylic acids is 2. The van der Waals surface area contributed by atoms with Gasteiger partial charge >= 0.3 is 11.8 Å². The lowest BCUT2D eigenvalue weighted by molar-refractivity contribution is -0.133. The summed E-state index contributed by atoms with van der Waals surface area (Å²) in [6.07, 6.45) is 0. The molecule has 0 atom stereocenters. The Balaban J connectivity index is 2.11. The molecule has 0 spiro atoms. The van der Waals surface area contributed by atoms with Crippen molar-refractivity contribution in [3.8, 4) is 0 Å². The first-order valence-corrected chi connectivity index (χ1v) is 7.27. The van der Waals surface area contributed by atoms with E-state index in [1.54, 1.807) is 18.2 Å². The third kappa shape index (κ3) is 3.78. The lowest BCUT2D eigenvalue weighted by Crippen LogP contribution is -2.29. The van der Waals surface area contributed by atoms with Crippen molar-refractivity contribution in [1.82, 2.24) is 0 Å². The molecule has 2 N–H and O–H groups in total. The fourth-order valence-electron chi connectivity index (χ4n) is 1.84. The molecule has 0 saturated heterocycles. The molecule has 2 amide bonds. The van der Waals surface area contributed by atoms with Crippen LogP contribution in [0.15, 0.2) is 36.4 Å². The zero-order chi connectivity index (χ0) is 16.3. The van der Waals surface area contributed by atoms with E-state index in [0.717, 1.165) is 11.1 Å². The van der Waals surface area contributed by atoms with E-state index in [2.05, 4.69) is 10.6 Å². The molecule has 2 aromatic rings. The molecule has 0 bridgehead atoms. The molecule has 0 unspecified atom stereocenters. The Bertz CT molecular complexity index is 731. The van der Waals surface area contributed by atoms with E-state index in [1.165, 1.54) is 6.07 Å². The molecular weight excluding hydrogens is 323 g/mol. The van der Waals surface area contributed by atoms with Gasteiger partial charge in [0.25, 0.3) is 0 Å².